The predicted octanol–water partition coefficient (Wildman–Crippen LogP) is 12.6. The van der Waals surface area contributed by atoms with Crippen LogP contribution in [0.2, 0.25) is 0 Å². The molecule has 0 N–H and O–H groups in total. The summed E-state index contributed by atoms with van der Waals surface area (Å²) >= 11 is 6.25. The Balaban J connectivity index is 1.36. The Morgan fingerprint density at radius 1 is 0.481 bits per heavy atom. The average Bonchev–Trinajstić information content (AvgIpc) is 3.97. The molecule has 268 valence electrons. The van der Waals surface area contributed by atoms with Crippen molar-refractivity contribution in [1.82, 2.24) is 9.80 Å². The Labute approximate surface area is 320 Å². The van der Waals surface area contributed by atoms with Crippen LogP contribution in [0.5, 0.6) is 0 Å². The first-order valence-corrected chi connectivity index (χ1v) is 22.2. The molecule has 10 heteroatoms. The van der Waals surface area contributed by atoms with Crippen molar-refractivity contribution >= 4 is 99.9 Å². The monoisotopic (exact) mass is 766 g/mol. The molecular formula is C42H42N2O4S4. The number of nitrogens with zero attached hydrogens (tertiary/aromatic N) is 2. The first kappa shape index (κ1) is 35.3. The van der Waals surface area contributed by atoms with E-state index in [4.69, 9.17) is 0 Å². The zero-order valence-electron chi connectivity index (χ0n) is 29.7. The maximum Gasteiger partial charge on any atom is 0.262 e. The fourth-order valence-corrected chi connectivity index (χ4v) is 12.0. The van der Waals surface area contributed by atoms with Gasteiger partial charge in [0.2, 0.25) is 0 Å². The van der Waals surface area contributed by atoms with Gasteiger partial charge in [0, 0.05) is 63.5 Å². The Morgan fingerprint density at radius 3 is 1.25 bits per heavy atom. The number of unbranched alkanes of at least 4 members (excludes halogenated alkanes) is 10. The van der Waals surface area contributed by atoms with E-state index in [-0.39, 0.29) is 23.6 Å². The smallest absolute Gasteiger partial charge is 0.262 e. The van der Waals surface area contributed by atoms with E-state index in [9.17, 15) is 19.2 Å². The number of carbonyl (C=O) groups excluding carboxylic acids is 4. The van der Waals surface area contributed by atoms with Gasteiger partial charge in [0.1, 0.15) is 0 Å². The first-order valence-electron chi connectivity index (χ1n) is 18.8. The van der Waals surface area contributed by atoms with Gasteiger partial charge in [-0.05, 0) is 47.9 Å². The number of imide groups is 2. The molecule has 2 aliphatic heterocycles. The zero-order valence-corrected chi connectivity index (χ0v) is 32.9. The van der Waals surface area contributed by atoms with Gasteiger partial charge in [0.25, 0.3) is 23.6 Å². The van der Waals surface area contributed by atoms with Crippen LogP contribution in [0.1, 0.15) is 132 Å². The summed E-state index contributed by atoms with van der Waals surface area (Å²) in [6, 6.07) is 12.2. The number of amides is 4. The fraction of sp³-hybridized carbons (Fsp3) is 0.381. The molecule has 52 heavy (non-hydrogen) atoms. The lowest BCUT2D eigenvalue weighted by atomic mass is 9.82. The van der Waals surface area contributed by atoms with Crippen molar-refractivity contribution in [3.63, 3.8) is 0 Å². The zero-order chi connectivity index (χ0) is 35.9. The summed E-state index contributed by atoms with van der Waals surface area (Å²) in [6.07, 6.45) is 12.5. The van der Waals surface area contributed by atoms with Crippen LogP contribution in [0.3, 0.4) is 0 Å². The Morgan fingerprint density at radius 2 is 0.865 bits per heavy atom. The lowest BCUT2D eigenvalue weighted by Crippen LogP contribution is -2.44. The lowest BCUT2D eigenvalue weighted by Gasteiger charge is -2.33. The first-order chi connectivity index (χ1) is 25.4. The molecule has 0 saturated carbocycles. The summed E-state index contributed by atoms with van der Waals surface area (Å²) in [5, 5.41) is 6.41. The van der Waals surface area contributed by atoms with Crippen LogP contribution in [0.25, 0.3) is 50.5 Å². The van der Waals surface area contributed by atoms with Crippen molar-refractivity contribution in [3.8, 4) is 19.5 Å². The van der Waals surface area contributed by atoms with Crippen molar-refractivity contribution in [2.24, 2.45) is 0 Å². The van der Waals surface area contributed by atoms with Gasteiger partial charge in [-0.3, -0.25) is 29.0 Å². The van der Waals surface area contributed by atoms with Crippen LogP contribution < -0.4 is 0 Å². The highest BCUT2D eigenvalue weighted by Gasteiger charge is 2.44. The predicted molar refractivity (Wildman–Crippen MR) is 219 cm³/mol. The minimum atomic E-state index is -0.326. The number of hydrogen-bond donors (Lipinski definition) is 0. The Kier molecular flexibility index (Phi) is 10.2. The molecule has 2 aliphatic rings. The average molecular weight is 767 g/mol. The summed E-state index contributed by atoms with van der Waals surface area (Å²) in [7, 11) is 0. The van der Waals surface area contributed by atoms with E-state index in [0.717, 1.165) is 93.1 Å². The van der Waals surface area contributed by atoms with E-state index in [1.165, 1.54) is 45.3 Å². The van der Waals surface area contributed by atoms with E-state index in [0.29, 0.717) is 56.9 Å². The van der Waals surface area contributed by atoms with Crippen LogP contribution in [0.4, 0.5) is 0 Å². The third kappa shape index (κ3) is 5.96. The van der Waals surface area contributed by atoms with E-state index >= 15 is 0 Å². The van der Waals surface area contributed by atoms with Crippen LogP contribution >= 0.6 is 45.3 Å². The summed E-state index contributed by atoms with van der Waals surface area (Å²) in [4.78, 5) is 66.0. The van der Waals surface area contributed by atoms with Gasteiger partial charge in [0.15, 0.2) is 0 Å². The van der Waals surface area contributed by atoms with Gasteiger partial charge in [0.05, 0.1) is 22.3 Å². The second-order valence-electron chi connectivity index (χ2n) is 14.0. The van der Waals surface area contributed by atoms with Gasteiger partial charge >= 0.3 is 0 Å². The van der Waals surface area contributed by atoms with Crippen molar-refractivity contribution in [2.75, 3.05) is 13.1 Å². The minimum absolute atomic E-state index is 0.324. The highest BCUT2D eigenvalue weighted by molar-refractivity contribution is 7.27. The third-order valence-electron chi connectivity index (χ3n) is 10.5. The van der Waals surface area contributed by atoms with Crippen molar-refractivity contribution < 1.29 is 19.2 Å². The quantitative estimate of drug-likeness (QED) is 0.0726. The lowest BCUT2D eigenvalue weighted by molar-refractivity contribution is 0.0590. The molecule has 0 fully saturated rings. The molecule has 6 nitrogen and oxygen atoms in total. The molecule has 2 aromatic carbocycles. The van der Waals surface area contributed by atoms with Crippen molar-refractivity contribution in [3.05, 3.63) is 69.4 Å². The van der Waals surface area contributed by atoms with E-state index in [2.05, 4.69) is 26.0 Å². The number of hydrogen-bond acceptors (Lipinski definition) is 8. The maximum atomic E-state index is 14.8. The molecule has 0 unspecified atom stereocenters. The summed E-state index contributed by atoms with van der Waals surface area (Å²) in [5.74, 6) is -1.30. The summed E-state index contributed by atoms with van der Waals surface area (Å²) in [5.41, 5.74) is 1.82. The van der Waals surface area contributed by atoms with E-state index in [1.807, 2.05) is 35.0 Å². The molecule has 6 aromatic rings. The standard InChI is InChI=1S/C42H42N2O4S4/c1-3-5-7-9-11-13-19-43-39(45)31-25-23-29(27-17-15-21-49-27)52-38(25)36-34-32(40(46)44(42(36)48)20-14-12-10-8-6-4-2)26-24-30(28-18-16-22-50-28)51-37(26)35(33(31)34)41(43)47/h15-18,21-24H,3-14,19-20H2,1-2H3. The van der Waals surface area contributed by atoms with Crippen LogP contribution in [0.15, 0.2) is 47.2 Å². The molecule has 4 aromatic heterocycles. The Bertz CT molecular complexity index is 2060. The van der Waals surface area contributed by atoms with Gasteiger partial charge < -0.3 is 0 Å². The molecule has 4 amide bonds. The van der Waals surface area contributed by atoms with Crippen molar-refractivity contribution in [2.45, 2.75) is 90.9 Å². The molecule has 6 heterocycles. The number of benzene rings is 2. The second kappa shape index (κ2) is 15.0. The summed E-state index contributed by atoms with van der Waals surface area (Å²) in [6.45, 7) is 5.06. The number of rotatable bonds is 16. The largest absolute Gasteiger partial charge is 0.274 e. The molecule has 0 saturated heterocycles. The van der Waals surface area contributed by atoms with Gasteiger partial charge in [-0.2, -0.15) is 0 Å². The Hall–Kier alpha value is -3.70. The number of fused-ring (bicyclic) bond motifs is 6. The number of thiophene rings is 4. The van der Waals surface area contributed by atoms with Gasteiger partial charge in [-0.25, -0.2) is 0 Å². The molecule has 0 spiro atoms. The topological polar surface area (TPSA) is 74.8 Å². The normalized spacial score (nSPS) is 14.3. The minimum Gasteiger partial charge on any atom is -0.274 e. The van der Waals surface area contributed by atoms with E-state index < -0.39 is 0 Å². The van der Waals surface area contributed by atoms with Crippen LogP contribution in [-0.2, 0) is 0 Å². The second-order valence-corrected chi connectivity index (χ2v) is 18.0. The molecule has 8 rings (SSSR count). The molecule has 0 aliphatic carbocycles. The molecule has 0 bridgehead atoms. The fourth-order valence-electron chi connectivity index (χ4n) is 7.94. The highest BCUT2D eigenvalue weighted by atomic mass is 32.1. The molecule has 0 radical (unpaired) electrons. The van der Waals surface area contributed by atoms with Crippen molar-refractivity contribution in [1.29, 1.82) is 0 Å². The number of carbonyl (C=O) groups is 4. The maximum absolute atomic E-state index is 14.8. The SMILES string of the molecule is CCCCCCCCN1C(=O)c2c3cc(-c4cccs4)sc3c3c4c(c5cc(-c6cccs6)sc5c(c24)C1=O)C(=O)N(CCCCCCCC)C3=O. The van der Waals surface area contributed by atoms with Crippen LogP contribution in [-0.4, -0.2) is 46.5 Å². The highest BCUT2D eigenvalue weighted by Crippen LogP contribution is 2.52. The summed E-state index contributed by atoms with van der Waals surface area (Å²) < 4.78 is 1.44. The van der Waals surface area contributed by atoms with E-state index in [1.54, 1.807) is 22.7 Å². The third-order valence-corrected chi connectivity index (χ3v) is 15.0. The molecular weight excluding hydrogens is 725 g/mol. The molecule has 0 atom stereocenters. The van der Waals surface area contributed by atoms with Gasteiger partial charge in [-0.15, -0.1) is 45.3 Å². The van der Waals surface area contributed by atoms with Crippen LogP contribution in [0, 0.1) is 0 Å². The van der Waals surface area contributed by atoms with Gasteiger partial charge in [-0.1, -0.05) is 90.2 Å².